The first-order chi connectivity index (χ1) is 10.1. The topological polar surface area (TPSA) is 78.7 Å². The molecule has 0 aromatic carbocycles. The number of halogens is 1. The van der Waals surface area contributed by atoms with Crippen molar-refractivity contribution in [3.8, 4) is 0 Å². The number of piperidine rings is 1. The van der Waals surface area contributed by atoms with Gasteiger partial charge in [-0.25, -0.2) is 4.99 Å². The summed E-state index contributed by atoms with van der Waals surface area (Å²) in [5, 5.41) is 9.47. The number of guanidine groups is 1. The van der Waals surface area contributed by atoms with Crippen LogP contribution in [-0.4, -0.2) is 31.0 Å². The Kier molecular flexibility index (Phi) is 7.70. The zero-order valence-corrected chi connectivity index (χ0v) is 15.7. The molecule has 22 heavy (non-hydrogen) atoms. The molecule has 0 aliphatic carbocycles. The lowest BCUT2D eigenvalue weighted by molar-refractivity contribution is -0.122. The van der Waals surface area contributed by atoms with Crippen LogP contribution in [0.2, 0.25) is 0 Å². The Morgan fingerprint density at radius 3 is 2.82 bits per heavy atom. The van der Waals surface area contributed by atoms with Crippen molar-refractivity contribution in [2.75, 3.05) is 13.1 Å². The average molecular weight is 420 g/mol. The zero-order valence-electron chi connectivity index (χ0n) is 13.4. The van der Waals surface area contributed by atoms with Gasteiger partial charge in [-0.1, -0.05) is 0 Å². The van der Waals surface area contributed by atoms with Gasteiger partial charge in [0, 0.05) is 31.1 Å². The van der Waals surface area contributed by atoms with Crippen molar-refractivity contribution in [2.24, 2.45) is 4.99 Å². The first-order valence-electron chi connectivity index (χ1n) is 7.46. The summed E-state index contributed by atoms with van der Waals surface area (Å²) in [6, 6.07) is 2.25. The van der Waals surface area contributed by atoms with E-state index in [4.69, 9.17) is 4.42 Å². The molecule has 1 aromatic rings. The van der Waals surface area contributed by atoms with Gasteiger partial charge in [0.25, 0.3) is 0 Å². The van der Waals surface area contributed by atoms with Gasteiger partial charge in [-0.2, -0.15) is 0 Å². The lowest BCUT2D eigenvalue weighted by atomic mass is 10.1. The van der Waals surface area contributed by atoms with Crippen LogP contribution in [0.3, 0.4) is 0 Å². The van der Waals surface area contributed by atoms with E-state index in [-0.39, 0.29) is 35.9 Å². The average Bonchev–Trinajstić information content (AvgIpc) is 2.77. The van der Waals surface area contributed by atoms with E-state index in [0.717, 1.165) is 36.0 Å². The summed E-state index contributed by atoms with van der Waals surface area (Å²) in [6.45, 7) is 7.95. The summed E-state index contributed by atoms with van der Waals surface area (Å²) in [7, 11) is 0. The molecule has 1 saturated heterocycles. The number of amides is 1. The Hall–Kier alpha value is -1.25. The molecular formula is C15H25IN4O2. The molecule has 1 unspecified atom stereocenters. The fourth-order valence-corrected chi connectivity index (χ4v) is 2.37. The van der Waals surface area contributed by atoms with Crippen molar-refractivity contribution in [1.29, 1.82) is 0 Å². The van der Waals surface area contributed by atoms with E-state index >= 15 is 0 Å². The van der Waals surface area contributed by atoms with Crippen molar-refractivity contribution >= 4 is 35.8 Å². The maximum Gasteiger partial charge on any atom is 0.220 e. The summed E-state index contributed by atoms with van der Waals surface area (Å²) in [5.74, 6) is 2.72. The summed E-state index contributed by atoms with van der Waals surface area (Å²) >= 11 is 0. The Morgan fingerprint density at radius 1 is 1.50 bits per heavy atom. The van der Waals surface area contributed by atoms with Crippen LogP contribution in [0, 0.1) is 13.8 Å². The van der Waals surface area contributed by atoms with Crippen LogP contribution in [0.1, 0.15) is 36.8 Å². The number of rotatable bonds is 4. The predicted molar refractivity (Wildman–Crippen MR) is 97.6 cm³/mol. The zero-order chi connectivity index (χ0) is 15.2. The second-order valence-electron chi connectivity index (χ2n) is 5.32. The van der Waals surface area contributed by atoms with Crippen LogP contribution in [0.4, 0.5) is 0 Å². The van der Waals surface area contributed by atoms with Gasteiger partial charge in [0.1, 0.15) is 11.5 Å². The van der Waals surface area contributed by atoms with Gasteiger partial charge < -0.3 is 20.4 Å². The molecule has 1 aliphatic rings. The number of hydrogen-bond donors (Lipinski definition) is 3. The second-order valence-corrected chi connectivity index (χ2v) is 5.32. The van der Waals surface area contributed by atoms with Gasteiger partial charge >= 0.3 is 0 Å². The van der Waals surface area contributed by atoms with Gasteiger partial charge in [0.2, 0.25) is 5.91 Å². The summed E-state index contributed by atoms with van der Waals surface area (Å²) < 4.78 is 5.51. The van der Waals surface area contributed by atoms with Crippen LogP contribution in [0.5, 0.6) is 0 Å². The number of furan rings is 1. The minimum atomic E-state index is 0. The minimum absolute atomic E-state index is 0. The molecule has 0 radical (unpaired) electrons. The minimum Gasteiger partial charge on any atom is -0.466 e. The second kappa shape index (κ2) is 9.02. The van der Waals surface area contributed by atoms with Gasteiger partial charge in [-0.05, 0) is 33.3 Å². The molecule has 2 heterocycles. The van der Waals surface area contributed by atoms with Gasteiger partial charge in [0.15, 0.2) is 5.96 Å². The smallest absolute Gasteiger partial charge is 0.220 e. The number of hydrogen-bond acceptors (Lipinski definition) is 3. The molecule has 124 valence electrons. The van der Waals surface area contributed by atoms with E-state index in [1.165, 1.54) is 0 Å². The first-order valence-corrected chi connectivity index (χ1v) is 7.46. The maximum absolute atomic E-state index is 11.2. The molecule has 1 fully saturated rings. The van der Waals surface area contributed by atoms with Crippen LogP contribution < -0.4 is 16.0 Å². The molecule has 6 nitrogen and oxygen atoms in total. The molecule has 1 amide bonds. The standard InChI is InChI=1S/C15H24N4O2.HI/c1-4-16-15(19-13-5-6-14(20)17-9-13)18-8-12-7-10(2)21-11(12)3;/h7,13H,4-6,8-9H2,1-3H3,(H,17,20)(H2,16,18,19);1H. The lowest BCUT2D eigenvalue weighted by Crippen LogP contribution is -2.51. The monoisotopic (exact) mass is 420 g/mol. The number of carbonyl (C=O) groups is 1. The van der Waals surface area contributed by atoms with Crippen molar-refractivity contribution in [3.63, 3.8) is 0 Å². The molecule has 2 rings (SSSR count). The fraction of sp³-hybridized carbons (Fsp3) is 0.600. The quantitative estimate of drug-likeness (QED) is 0.395. The number of carbonyl (C=O) groups excluding carboxylic acids is 1. The lowest BCUT2D eigenvalue weighted by Gasteiger charge is -2.25. The Morgan fingerprint density at radius 2 is 2.27 bits per heavy atom. The Labute approximate surface area is 148 Å². The van der Waals surface area contributed by atoms with Gasteiger partial charge in [0.05, 0.1) is 6.54 Å². The largest absolute Gasteiger partial charge is 0.466 e. The third-order valence-electron chi connectivity index (χ3n) is 3.50. The summed E-state index contributed by atoms with van der Waals surface area (Å²) in [4.78, 5) is 15.8. The van der Waals surface area contributed by atoms with Crippen LogP contribution in [0.15, 0.2) is 15.5 Å². The molecule has 1 aliphatic heterocycles. The Bertz CT molecular complexity index is 518. The highest BCUT2D eigenvalue weighted by Crippen LogP contribution is 2.14. The number of aryl methyl sites for hydroxylation is 2. The van der Waals surface area contributed by atoms with E-state index < -0.39 is 0 Å². The maximum atomic E-state index is 11.2. The molecular weight excluding hydrogens is 395 g/mol. The van der Waals surface area contributed by atoms with E-state index in [2.05, 4.69) is 20.9 Å². The SMILES string of the molecule is CCNC(=NCc1cc(C)oc1C)NC1CCC(=O)NC1.I. The van der Waals surface area contributed by atoms with Crippen LogP contribution in [0.25, 0.3) is 0 Å². The van der Waals surface area contributed by atoms with Gasteiger partial charge in [-0.15, -0.1) is 24.0 Å². The summed E-state index contributed by atoms with van der Waals surface area (Å²) in [5.41, 5.74) is 1.10. The molecule has 1 aromatic heterocycles. The third-order valence-corrected chi connectivity index (χ3v) is 3.50. The highest BCUT2D eigenvalue weighted by Gasteiger charge is 2.18. The van der Waals surface area contributed by atoms with Crippen molar-refractivity contribution in [1.82, 2.24) is 16.0 Å². The van der Waals surface area contributed by atoms with E-state index in [9.17, 15) is 4.79 Å². The van der Waals surface area contributed by atoms with Crippen molar-refractivity contribution in [3.05, 3.63) is 23.2 Å². The number of nitrogens with zero attached hydrogens (tertiary/aromatic N) is 1. The van der Waals surface area contributed by atoms with Crippen molar-refractivity contribution < 1.29 is 9.21 Å². The first kappa shape index (κ1) is 18.8. The van der Waals surface area contributed by atoms with Crippen LogP contribution in [-0.2, 0) is 11.3 Å². The van der Waals surface area contributed by atoms with Gasteiger partial charge in [-0.3, -0.25) is 4.79 Å². The molecule has 0 bridgehead atoms. The number of aliphatic imine (C=N–C) groups is 1. The molecule has 0 spiro atoms. The molecule has 1 atom stereocenters. The summed E-state index contributed by atoms with van der Waals surface area (Å²) in [6.07, 6.45) is 1.40. The van der Waals surface area contributed by atoms with E-state index in [1.54, 1.807) is 0 Å². The van der Waals surface area contributed by atoms with E-state index in [1.807, 2.05) is 26.8 Å². The van der Waals surface area contributed by atoms with E-state index in [0.29, 0.717) is 19.5 Å². The fourth-order valence-electron chi connectivity index (χ4n) is 2.37. The highest BCUT2D eigenvalue weighted by atomic mass is 127. The number of nitrogens with one attached hydrogen (secondary N) is 3. The third kappa shape index (κ3) is 5.51. The highest BCUT2D eigenvalue weighted by molar-refractivity contribution is 14.0. The van der Waals surface area contributed by atoms with Crippen LogP contribution >= 0.6 is 24.0 Å². The molecule has 3 N–H and O–H groups in total. The Balaban J connectivity index is 0.00000242. The molecule has 0 saturated carbocycles. The molecule has 7 heteroatoms. The van der Waals surface area contributed by atoms with Crippen molar-refractivity contribution in [2.45, 2.75) is 46.2 Å². The predicted octanol–water partition coefficient (Wildman–Crippen LogP) is 1.85. The normalized spacial score (nSPS) is 18.4.